The second kappa shape index (κ2) is 7.30. The Morgan fingerprint density at radius 3 is 2.74 bits per heavy atom. The molecular weight excluding hydrogens is 297 g/mol. The smallest absolute Gasteiger partial charge is 0.0640 e. The molecule has 0 radical (unpaired) electrons. The predicted molar refractivity (Wildman–Crippen MR) is 85.5 cm³/mol. The van der Waals surface area contributed by atoms with Crippen molar-refractivity contribution in [1.82, 2.24) is 5.32 Å². The van der Waals surface area contributed by atoms with Gasteiger partial charge in [-0.2, -0.15) is 0 Å². The highest BCUT2D eigenvalue weighted by atomic mass is 35.5. The molecule has 0 aliphatic rings. The summed E-state index contributed by atoms with van der Waals surface area (Å²) < 4.78 is 0. The molecule has 0 fully saturated rings. The van der Waals surface area contributed by atoms with Crippen LogP contribution in [0.4, 0.5) is 0 Å². The molecule has 1 aromatic carbocycles. The molecule has 2 rings (SSSR count). The third-order valence-corrected chi connectivity index (χ3v) is 4.97. The quantitative estimate of drug-likeness (QED) is 0.759. The van der Waals surface area contributed by atoms with Gasteiger partial charge in [0.05, 0.1) is 10.0 Å². The van der Waals surface area contributed by atoms with E-state index in [1.54, 1.807) is 0 Å². The van der Waals surface area contributed by atoms with Crippen LogP contribution in [0.2, 0.25) is 10.0 Å². The van der Waals surface area contributed by atoms with Gasteiger partial charge in [-0.05, 0) is 49.4 Å². The van der Waals surface area contributed by atoms with Crippen LogP contribution in [-0.4, -0.2) is 7.05 Å². The first-order valence-corrected chi connectivity index (χ1v) is 7.99. The molecule has 0 saturated carbocycles. The third kappa shape index (κ3) is 3.96. The van der Waals surface area contributed by atoms with Crippen molar-refractivity contribution in [3.63, 3.8) is 0 Å². The van der Waals surface area contributed by atoms with Crippen LogP contribution in [0.1, 0.15) is 29.3 Å². The minimum absolute atomic E-state index is 0.256. The molecule has 0 aliphatic carbocycles. The molecule has 2 aromatic rings. The topological polar surface area (TPSA) is 12.0 Å². The summed E-state index contributed by atoms with van der Waals surface area (Å²) in [6.45, 7) is 0. The highest BCUT2D eigenvalue weighted by Crippen LogP contribution is 2.32. The molecular formula is C15H17Cl2NS. The number of nitrogens with one attached hydrogen (secondary N) is 1. The first-order valence-electron chi connectivity index (χ1n) is 6.36. The maximum absolute atomic E-state index is 6.28. The predicted octanol–water partition coefficient (Wildman–Crippen LogP) is 5.34. The monoisotopic (exact) mass is 313 g/mol. The Balaban J connectivity index is 1.98. The molecule has 0 bridgehead atoms. The lowest BCUT2D eigenvalue weighted by atomic mass is 10.0. The van der Waals surface area contributed by atoms with E-state index in [9.17, 15) is 0 Å². The van der Waals surface area contributed by atoms with Gasteiger partial charge in [-0.25, -0.2) is 0 Å². The first kappa shape index (κ1) is 14.9. The average Bonchev–Trinajstić information content (AvgIpc) is 2.92. The summed E-state index contributed by atoms with van der Waals surface area (Å²) in [5, 5.41) is 6.74. The van der Waals surface area contributed by atoms with Crippen molar-refractivity contribution in [3.8, 4) is 0 Å². The van der Waals surface area contributed by atoms with Gasteiger partial charge in [0.25, 0.3) is 0 Å². The van der Waals surface area contributed by atoms with E-state index < -0.39 is 0 Å². The van der Waals surface area contributed by atoms with Gasteiger partial charge in [0, 0.05) is 10.9 Å². The number of hydrogen-bond acceptors (Lipinski definition) is 2. The van der Waals surface area contributed by atoms with Crippen molar-refractivity contribution in [2.24, 2.45) is 0 Å². The number of aryl methyl sites for hydroxylation is 1. The van der Waals surface area contributed by atoms with Crippen LogP contribution in [-0.2, 0) is 6.42 Å². The highest BCUT2D eigenvalue weighted by Gasteiger charge is 2.14. The van der Waals surface area contributed by atoms with E-state index in [-0.39, 0.29) is 6.04 Å². The molecule has 1 heterocycles. The lowest BCUT2D eigenvalue weighted by Gasteiger charge is -2.18. The normalized spacial score (nSPS) is 12.6. The van der Waals surface area contributed by atoms with Crippen molar-refractivity contribution in [2.45, 2.75) is 25.3 Å². The number of hydrogen-bond donors (Lipinski definition) is 1. The molecule has 102 valence electrons. The lowest BCUT2D eigenvalue weighted by molar-refractivity contribution is 0.528. The summed E-state index contributed by atoms with van der Waals surface area (Å²) in [5.74, 6) is 0. The van der Waals surface area contributed by atoms with Gasteiger partial charge in [-0.1, -0.05) is 41.4 Å². The van der Waals surface area contributed by atoms with Crippen LogP contribution in [0.3, 0.4) is 0 Å². The van der Waals surface area contributed by atoms with Gasteiger partial charge in [-0.3, -0.25) is 0 Å². The largest absolute Gasteiger partial charge is 0.313 e. The Morgan fingerprint density at radius 1 is 1.21 bits per heavy atom. The number of rotatable bonds is 6. The minimum Gasteiger partial charge on any atom is -0.313 e. The second-order valence-corrected chi connectivity index (χ2v) is 6.27. The molecule has 0 amide bonds. The number of thiophene rings is 1. The van der Waals surface area contributed by atoms with Crippen LogP contribution in [0.15, 0.2) is 35.7 Å². The van der Waals surface area contributed by atoms with Crippen LogP contribution < -0.4 is 5.32 Å². The number of benzene rings is 1. The van der Waals surface area contributed by atoms with Crippen LogP contribution in [0.5, 0.6) is 0 Å². The van der Waals surface area contributed by atoms with Crippen LogP contribution in [0.25, 0.3) is 0 Å². The highest BCUT2D eigenvalue weighted by molar-refractivity contribution is 7.09. The van der Waals surface area contributed by atoms with E-state index in [1.807, 2.05) is 36.6 Å². The maximum Gasteiger partial charge on any atom is 0.0640 e. The molecule has 4 heteroatoms. The summed E-state index contributed by atoms with van der Waals surface area (Å²) in [5.41, 5.74) is 1.09. The standard InChI is InChI=1S/C15H17Cl2NS/c1-18-14(9-2-5-11-6-4-10-19-11)12-7-3-8-13(16)15(12)17/h3-4,6-8,10,14,18H,2,5,9H2,1H3. The molecule has 1 unspecified atom stereocenters. The van der Waals surface area contributed by atoms with E-state index in [0.717, 1.165) is 24.8 Å². The Kier molecular flexibility index (Phi) is 5.71. The first-order chi connectivity index (χ1) is 9.22. The van der Waals surface area contributed by atoms with Gasteiger partial charge >= 0.3 is 0 Å². The van der Waals surface area contributed by atoms with E-state index >= 15 is 0 Å². The Hall–Kier alpha value is -0.540. The summed E-state index contributed by atoms with van der Waals surface area (Å²) >= 11 is 14.2. The molecule has 0 spiro atoms. The fourth-order valence-corrected chi connectivity index (χ4v) is 3.37. The fourth-order valence-electron chi connectivity index (χ4n) is 2.18. The zero-order valence-electron chi connectivity index (χ0n) is 10.8. The Morgan fingerprint density at radius 2 is 2.05 bits per heavy atom. The van der Waals surface area contributed by atoms with Crippen molar-refractivity contribution < 1.29 is 0 Å². The minimum atomic E-state index is 0.256. The SMILES string of the molecule is CNC(CCCc1cccs1)c1cccc(Cl)c1Cl. The van der Waals surface area contributed by atoms with Crippen molar-refractivity contribution in [3.05, 3.63) is 56.2 Å². The van der Waals surface area contributed by atoms with E-state index in [1.165, 1.54) is 4.88 Å². The zero-order valence-corrected chi connectivity index (χ0v) is 13.2. The van der Waals surface area contributed by atoms with Crippen molar-refractivity contribution >= 4 is 34.5 Å². The molecule has 1 nitrogen and oxygen atoms in total. The van der Waals surface area contributed by atoms with E-state index in [0.29, 0.717) is 10.0 Å². The van der Waals surface area contributed by atoms with E-state index in [4.69, 9.17) is 23.2 Å². The summed E-state index contributed by atoms with van der Waals surface area (Å²) in [6.07, 6.45) is 3.30. The molecule has 19 heavy (non-hydrogen) atoms. The van der Waals surface area contributed by atoms with Gasteiger partial charge in [0.15, 0.2) is 0 Å². The van der Waals surface area contributed by atoms with Gasteiger partial charge in [-0.15, -0.1) is 11.3 Å². The lowest BCUT2D eigenvalue weighted by Crippen LogP contribution is -2.17. The van der Waals surface area contributed by atoms with Gasteiger partial charge in [0.2, 0.25) is 0 Å². The molecule has 1 N–H and O–H groups in total. The van der Waals surface area contributed by atoms with E-state index in [2.05, 4.69) is 22.8 Å². The maximum atomic E-state index is 6.28. The van der Waals surface area contributed by atoms with Gasteiger partial charge in [0.1, 0.15) is 0 Å². The molecule has 1 atom stereocenters. The van der Waals surface area contributed by atoms with Crippen LogP contribution in [0, 0.1) is 0 Å². The Labute approximate surface area is 128 Å². The summed E-state index contributed by atoms with van der Waals surface area (Å²) in [6, 6.07) is 10.4. The molecule has 1 aromatic heterocycles. The van der Waals surface area contributed by atoms with Crippen molar-refractivity contribution in [1.29, 1.82) is 0 Å². The molecule has 0 aliphatic heterocycles. The van der Waals surface area contributed by atoms with Crippen LogP contribution >= 0.6 is 34.5 Å². The van der Waals surface area contributed by atoms with Gasteiger partial charge < -0.3 is 5.32 Å². The second-order valence-electron chi connectivity index (χ2n) is 4.46. The summed E-state index contributed by atoms with van der Waals surface area (Å²) in [7, 11) is 1.97. The molecule has 0 saturated heterocycles. The average molecular weight is 314 g/mol. The van der Waals surface area contributed by atoms with Crippen molar-refractivity contribution in [2.75, 3.05) is 7.05 Å². The Bertz CT molecular complexity index is 511. The fraction of sp³-hybridized carbons (Fsp3) is 0.333. The third-order valence-electron chi connectivity index (χ3n) is 3.20. The summed E-state index contributed by atoms with van der Waals surface area (Å²) in [4.78, 5) is 1.44. The number of halogens is 2. The zero-order chi connectivity index (χ0) is 13.7.